The molecule has 0 aromatic heterocycles. The van der Waals surface area contributed by atoms with Gasteiger partial charge in [0, 0.05) is 47.8 Å². The second kappa shape index (κ2) is 7.82. The zero-order valence-corrected chi connectivity index (χ0v) is 16.4. The fourth-order valence-electron chi connectivity index (χ4n) is 2.77. The molecule has 0 aliphatic carbocycles. The molecule has 0 radical (unpaired) electrons. The van der Waals surface area contributed by atoms with Gasteiger partial charge in [-0.2, -0.15) is 4.31 Å². The van der Waals surface area contributed by atoms with E-state index in [1.165, 1.54) is 16.4 Å². The van der Waals surface area contributed by atoms with Gasteiger partial charge in [-0.25, -0.2) is 8.42 Å². The highest BCUT2D eigenvalue weighted by atomic mass is 35.5. The molecule has 2 aromatic carbocycles. The summed E-state index contributed by atoms with van der Waals surface area (Å²) in [5.41, 5.74) is 0.986. The molecule has 3 rings (SSSR count). The van der Waals surface area contributed by atoms with Crippen LogP contribution in [0.2, 0.25) is 15.1 Å². The summed E-state index contributed by atoms with van der Waals surface area (Å²) in [5.74, 6) is 0. The molecule has 1 fully saturated rings. The van der Waals surface area contributed by atoms with Crippen molar-refractivity contribution in [2.75, 3.05) is 26.2 Å². The summed E-state index contributed by atoms with van der Waals surface area (Å²) in [4.78, 5) is 2.45. The molecule has 0 amide bonds. The summed E-state index contributed by atoms with van der Waals surface area (Å²) in [7, 11) is -3.48. The lowest BCUT2D eigenvalue weighted by molar-refractivity contribution is 0.181. The van der Waals surface area contributed by atoms with Crippen LogP contribution >= 0.6 is 34.8 Å². The smallest absolute Gasteiger partial charge is 0.243 e. The van der Waals surface area contributed by atoms with Gasteiger partial charge in [0.2, 0.25) is 10.0 Å². The van der Waals surface area contributed by atoms with Gasteiger partial charge >= 0.3 is 0 Å². The van der Waals surface area contributed by atoms with Gasteiger partial charge in [0.15, 0.2) is 0 Å². The molecule has 0 bridgehead atoms. The van der Waals surface area contributed by atoms with Crippen LogP contribution in [0.1, 0.15) is 5.56 Å². The SMILES string of the molecule is O=S(=O)(c1ccc(Cl)cc1)N1CCN(Cc2ccc(Cl)cc2Cl)CC1. The number of hydrogen-bond acceptors (Lipinski definition) is 3. The molecule has 8 heteroatoms. The third kappa shape index (κ3) is 4.48. The van der Waals surface area contributed by atoms with Crippen molar-refractivity contribution in [3.8, 4) is 0 Å². The Morgan fingerprint density at radius 1 is 0.840 bits per heavy atom. The molecule has 0 atom stereocenters. The first-order chi connectivity index (χ1) is 11.9. The number of halogens is 3. The van der Waals surface area contributed by atoms with Gasteiger partial charge in [-0.3, -0.25) is 4.90 Å². The Morgan fingerprint density at radius 3 is 2.04 bits per heavy atom. The summed E-state index contributed by atoms with van der Waals surface area (Å²) in [6.45, 7) is 2.84. The minimum Gasteiger partial charge on any atom is -0.296 e. The first kappa shape index (κ1) is 19.0. The van der Waals surface area contributed by atoms with E-state index in [1.807, 2.05) is 12.1 Å². The largest absolute Gasteiger partial charge is 0.296 e. The molecule has 1 saturated heterocycles. The highest BCUT2D eigenvalue weighted by molar-refractivity contribution is 7.89. The van der Waals surface area contributed by atoms with Crippen LogP contribution in [-0.4, -0.2) is 43.8 Å². The Balaban J connectivity index is 1.64. The Labute approximate surface area is 162 Å². The number of piperazine rings is 1. The van der Waals surface area contributed by atoms with Crippen molar-refractivity contribution in [1.29, 1.82) is 0 Å². The van der Waals surface area contributed by atoms with Crippen LogP contribution in [0.4, 0.5) is 0 Å². The van der Waals surface area contributed by atoms with Gasteiger partial charge in [-0.15, -0.1) is 0 Å². The molecule has 1 heterocycles. The van der Waals surface area contributed by atoms with E-state index in [9.17, 15) is 8.42 Å². The van der Waals surface area contributed by atoms with E-state index >= 15 is 0 Å². The van der Waals surface area contributed by atoms with Gasteiger partial charge in [-0.1, -0.05) is 40.9 Å². The van der Waals surface area contributed by atoms with Crippen LogP contribution in [0.5, 0.6) is 0 Å². The molecule has 0 saturated carbocycles. The fraction of sp³-hybridized carbons (Fsp3) is 0.294. The van der Waals surface area contributed by atoms with E-state index in [2.05, 4.69) is 4.90 Å². The van der Waals surface area contributed by atoms with Gasteiger partial charge in [0.25, 0.3) is 0 Å². The van der Waals surface area contributed by atoms with Crippen molar-refractivity contribution in [1.82, 2.24) is 9.21 Å². The van der Waals surface area contributed by atoms with Gasteiger partial charge in [0.1, 0.15) is 0 Å². The maximum Gasteiger partial charge on any atom is 0.243 e. The second-order valence-corrected chi connectivity index (χ2v) is 9.09. The first-order valence-corrected chi connectivity index (χ1v) is 10.4. The average Bonchev–Trinajstić information content (AvgIpc) is 2.58. The Bertz CT molecular complexity index is 849. The van der Waals surface area contributed by atoms with Crippen molar-refractivity contribution in [2.45, 2.75) is 11.4 Å². The third-order valence-electron chi connectivity index (χ3n) is 4.19. The lowest BCUT2D eigenvalue weighted by Crippen LogP contribution is -2.48. The predicted octanol–water partition coefficient (Wildman–Crippen LogP) is 4.15. The highest BCUT2D eigenvalue weighted by Crippen LogP contribution is 2.24. The topological polar surface area (TPSA) is 40.6 Å². The van der Waals surface area contributed by atoms with Crippen molar-refractivity contribution in [2.24, 2.45) is 0 Å². The lowest BCUT2D eigenvalue weighted by Gasteiger charge is -2.34. The number of nitrogens with zero attached hydrogens (tertiary/aromatic N) is 2. The Kier molecular flexibility index (Phi) is 5.93. The monoisotopic (exact) mass is 418 g/mol. The van der Waals surface area contributed by atoms with E-state index in [0.717, 1.165) is 5.56 Å². The van der Waals surface area contributed by atoms with Gasteiger partial charge in [0.05, 0.1) is 4.90 Å². The van der Waals surface area contributed by atoms with Crippen LogP contribution in [0.3, 0.4) is 0 Å². The Morgan fingerprint density at radius 2 is 1.44 bits per heavy atom. The molecule has 0 spiro atoms. The molecule has 1 aliphatic rings. The fourth-order valence-corrected chi connectivity index (χ4v) is 4.79. The van der Waals surface area contributed by atoms with Crippen LogP contribution < -0.4 is 0 Å². The average molecular weight is 420 g/mol. The van der Waals surface area contributed by atoms with E-state index in [1.54, 1.807) is 18.2 Å². The van der Waals surface area contributed by atoms with Crippen LogP contribution in [0.25, 0.3) is 0 Å². The molecular formula is C17H17Cl3N2O2S. The van der Waals surface area contributed by atoms with Crippen LogP contribution in [-0.2, 0) is 16.6 Å². The predicted molar refractivity (Wildman–Crippen MR) is 102 cm³/mol. The highest BCUT2D eigenvalue weighted by Gasteiger charge is 2.28. The number of sulfonamides is 1. The maximum atomic E-state index is 12.7. The lowest BCUT2D eigenvalue weighted by atomic mass is 10.2. The van der Waals surface area contributed by atoms with Crippen LogP contribution in [0, 0.1) is 0 Å². The maximum absolute atomic E-state index is 12.7. The quantitative estimate of drug-likeness (QED) is 0.747. The number of hydrogen-bond donors (Lipinski definition) is 0. The molecule has 2 aromatic rings. The summed E-state index contributed by atoms with van der Waals surface area (Å²) >= 11 is 18.0. The third-order valence-corrected chi connectivity index (χ3v) is 6.94. The molecule has 25 heavy (non-hydrogen) atoms. The number of benzene rings is 2. The molecule has 134 valence electrons. The Hall–Kier alpha value is -0.820. The van der Waals surface area contributed by atoms with Crippen molar-refractivity contribution in [3.63, 3.8) is 0 Å². The first-order valence-electron chi connectivity index (χ1n) is 7.78. The molecule has 1 aliphatic heterocycles. The summed E-state index contributed by atoms with van der Waals surface area (Å²) in [6, 6.07) is 11.7. The zero-order valence-electron chi connectivity index (χ0n) is 13.3. The van der Waals surface area contributed by atoms with Gasteiger partial charge in [-0.05, 0) is 42.0 Å². The summed E-state index contributed by atoms with van der Waals surface area (Å²) in [6.07, 6.45) is 0. The van der Waals surface area contributed by atoms with Crippen molar-refractivity contribution < 1.29 is 8.42 Å². The standard InChI is InChI=1S/C17H17Cl3N2O2S/c18-14-3-5-16(6-4-14)25(23,24)22-9-7-21(8-10-22)12-13-1-2-15(19)11-17(13)20/h1-6,11H,7-10,12H2. The molecule has 0 N–H and O–H groups in total. The summed E-state index contributed by atoms with van der Waals surface area (Å²) in [5, 5.41) is 1.75. The van der Waals surface area contributed by atoms with Crippen molar-refractivity contribution in [3.05, 3.63) is 63.1 Å². The zero-order chi connectivity index (χ0) is 18.0. The molecular weight excluding hydrogens is 403 g/mol. The summed E-state index contributed by atoms with van der Waals surface area (Å²) < 4.78 is 26.9. The van der Waals surface area contributed by atoms with E-state index in [0.29, 0.717) is 47.8 Å². The van der Waals surface area contributed by atoms with E-state index in [4.69, 9.17) is 34.8 Å². The minimum atomic E-state index is -3.48. The van der Waals surface area contributed by atoms with Crippen molar-refractivity contribution >= 4 is 44.8 Å². The number of rotatable bonds is 4. The van der Waals surface area contributed by atoms with Crippen LogP contribution in [0.15, 0.2) is 47.4 Å². The normalized spacial score (nSPS) is 16.9. The second-order valence-electron chi connectivity index (χ2n) is 5.87. The van der Waals surface area contributed by atoms with Gasteiger partial charge < -0.3 is 0 Å². The van der Waals surface area contributed by atoms with E-state index in [-0.39, 0.29) is 4.90 Å². The minimum absolute atomic E-state index is 0.270. The molecule has 0 unspecified atom stereocenters. The molecule has 4 nitrogen and oxygen atoms in total. The van der Waals surface area contributed by atoms with E-state index < -0.39 is 10.0 Å².